The fraction of sp³-hybridized carbons (Fsp3) is 0.250. The summed E-state index contributed by atoms with van der Waals surface area (Å²) in [5.41, 5.74) is 10.6. The van der Waals surface area contributed by atoms with Gasteiger partial charge in [-0.3, -0.25) is 0 Å². The van der Waals surface area contributed by atoms with Crippen LogP contribution in [0, 0.1) is 6.92 Å². The maximum atomic E-state index is 5.67. The third-order valence-corrected chi connectivity index (χ3v) is 3.90. The lowest BCUT2D eigenvalue weighted by Gasteiger charge is -2.04. The van der Waals surface area contributed by atoms with Crippen molar-refractivity contribution in [2.45, 2.75) is 19.1 Å². The maximum Gasteiger partial charge on any atom is 0.0314 e. The number of aryl methyl sites for hydroxylation is 2. The normalized spacial score (nSPS) is 10.5. The largest absolute Gasteiger partial charge is 0.399 e. The van der Waals surface area contributed by atoms with Gasteiger partial charge in [0.05, 0.1) is 0 Å². The maximum absolute atomic E-state index is 5.67. The van der Waals surface area contributed by atoms with Gasteiger partial charge in [-0.1, -0.05) is 42.0 Å². The standard InChI is InChI=1S/C16H19NS/c1-13-3-2-4-15(11-13)12-18-10-9-14-5-7-16(17)8-6-14/h2-8,11H,9-10,12,17H2,1H3. The second-order valence-corrected chi connectivity index (χ2v) is 5.64. The lowest BCUT2D eigenvalue weighted by Crippen LogP contribution is -1.91. The van der Waals surface area contributed by atoms with Gasteiger partial charge in [0.1, 0.15) is 0 Å². The Morgan fingerprint density at radius 1 is 1.00 bits per heavy atom. The van der Waals surface area contributed by atoms with Crippen LogP contribution in [-0.2, 0) is 12.2 Å². The number of nitrogen functional groups attached to an aromatic ring is 1. The van der Waals surface area contributed by atoms with E-state index in [1.165, 1.54) is 16.7 Å². The van der Waals surface area contributed by atoms with Crippen molar-refractivity contribution < 1.29 is 0 Å². The Balaban J connectivity index is 1.74. The van der Waals surface area contributed by atoms with Gasteiger partial charge in [-0.05, 0) is 42.4 Å². The molecule has 0 saturated heterocycles. The average molecular weight is 257 g/mol. The first-order valence-electron chi connectivity index (χ1n) is 6.22. The zero-order chi connectivity index (χ0) is 12.8. The molecule has 1 nitrogen and oxygen atoms in total. The van der Waals surface area contributed by atoms with Gasteiger partial charge in [-0.15, -0.1) is 0 Å². The Labute approximate surface area is 113 Å². The molecule has 2 aromatic carbocycles. The first-order chi connectivity index (χ1) is 8.74. The Hall–Kier alpha value is -1.41. The van der Waals surface area contributed by atoms with Crippen LogP contribution in [0.1, 0.15) is 16.7 Å². The molecule has 2 heteroatoms. The molecule has 94 valence electrons. The van der Waals surface area contributed by atoms with Gasteiger partial charge in [-0.25, -0.2) is 0 Å². The average Bonchev–Trinajstić information content (AvgIpc) is 2.37. The van der Waals surface area contributed by atoms with Crippen molar-refractivity contribution in [3.8, 4) is 0 Å². The molecule has 2 N–H and O–H groups in total. The van der Waals surface area contributed by atoms with Crippen LogP contribution in [-0.4, -0.2) is 5.75 Å². The zero-order valence-electron chi connectivity index (χ0n) is 10.7. The molecular weight excluding hydrogens is 238 g/mol. The molecule has 0 fully saturated rings. The van der Waals surface area contributed by atoms with Crippen LogP contribution in [0.4, 0.5) is 5.69 Å². The predicted octanol–water partition coefficient (Wildman–Crippen LogP) is 4.05. The topological polar surface area (TPSA) is 26.0 Å². The summed E-state index contributed by atoms with van der Waals surface area (Å²) < 4.78 is 0. The van der Waals surface area contributed by atoms with Crippen molar-refractivity contribution in [1.29, 1.82) is 0 Å². The number of nitrogens with two attached hydrogens (primary N) is 1. The number of anilines is 1. The van der Waals surface area contributed by atoms with Crippen molar-refractivity contribution in [1.82, 2.24) is 0 Å². The Bertz CT molecular complexity index is 491. The summed E-state index contributed by atoms with van der Waals surface area (Å²) in [5.74, 6) is 2.24. The fourth-order valence-electron chi connectivity index (χ4n) is 1.87. The summed E-state index contributed by atoms with van der Waals surface area (Å²) in [6.45, 7) is 2.14. The summed E-state index contributed by atoms with van der Waals surface area (Å²) in [6.07, 6.45) is 1.11. The third kappa shape index (κ3) is 4.11. The molecule has 0 aliphatic heterocycles. The lowest BCUT2D eigenvalue weighted by molar-refractivity contribution is 1.15. The van der Waals surface area contributed by atoms with E-state index in [0.29, 0.717) is 0 Å². The molecule has 0 radical (unpaired) electrons. The quantitative estimate of drug-likeness (QED) is 0.646. The van der Waals surface area contributed by atoms with E-state index in [-0.39, 0.29) is 0 Å². The van der Waals surface area contributed by atoms with Crippen molar-refractivity contribution >= 4 is 17.4 Å². The fourth-order valence-corrected chi connectivity index (χ4v) is 2.81. The van der Waals surface area contributed by atoms with Gasteiger partial charge in [-0.2, -0.15) is 11.8 Å². The van der Waals surface area contributed by atoms with Crippen LogP contribution in [0.2, 0.25) is 0 Å². The third-order valence-electron chi connectivity index (χ3n) is 2.87. The van der Waals surface area contributed by atoms with Crippen molar-refractivity contribution in [2.24, 2.45) is 0 Å². The van der Waals surface area contributed by atoms with Gasteiger partial charge >= 0.3 is 0 Å². The van der Waals surface area contributed by atoms with E-state index < -0.39 is 0 Å². The highest BCUT2D eigenvalue weighted by Gasteiger charge is 1.96. The molecule has 0 saturated carbocycles. The molecule has 0 heterocycles. The van der Waals surface area contributed by atoms with Crippen LogP contribution in [0.15, 0.2) is 48.5 Å². The molecule has 0 atom stereocenters. The van der Waals surface area contributed by atoms with Gasteiger partial charge in [0.25, 0.3) is 0 Å². The minimum absolute atomic E-state index is 0.839. The van der Waals surface area contributed by atoms with Crippen LogP contribution < -0.4 is 5.73 Å². The summed E-state index contributed by atoms with van der Waals surface area (Å²) in [5, 5.41) is 0. The smallest absolute Gasteiger partial charge is 0.0314 e. The van der Waals surface area contributed by atoms with Gasteiger partial charge in [0.15, 0.2) is 0 Å². The second-order valence-electron chi connectivity index (χ2n) is 4.53. The highest BCUT2D eigenvalue weighted by Crippen LogP contribution is 2.15. The Kier molecular flexibility index (Phi) is 4.71. The van der Waals surface area contributed by atoms with E-state index in [1.807, 2.05) is 23.9 Å². The number of hydrogen-bond acceptors (Lipinski definition) is 2. The van der Waals surface area contributed by atoms with E-state index in [1.54, 1.807) is 0 Å². The first-order valence-corrected chi connectivity index (χ1v) is 7.37. The lowest BCUT2D eigenvalue weighted by atomic mass is 10.1. The predicted molar refractivity (Wildman–Crippen MR) is 81.9 cm³/mol. The molecule has 0 unspecified atom stereocenters. The van der Waals surface area contributed by atoms with Crippen LogP contribution >= 0.6 is 11.8 Å². The summed E-state index contributed by atoms with van der Waals surface area (Å²) in [6, 6.07) is 16.9. The minimum atomic E-state index is 0.839. The molecule has 0 amide bonds. The summed E-state index contributed by atoms with van der Waals surface area (Å²) in [7, 11) is 0. The molecule has 0 aliphatic carbocycles. The van der Waals surface area contributed by atoms with Gasteiger partial charge < -0.3 is 5.73 Å². The van der Waals surface area contributed by atoms with Gasteiger partial charge in [0.2, 0.25) is 0 Å². The monoisotopic (exact) mass is 257 g/mol. The highest BCUT2D eigenvalue weighted by atomic mass is 32.2. The zero-order valence-corrected chi connectivity index (χ0v) is 11.5. The molecule has 2 aromatic rings. The Morgan fingerprint density at radius 3 is 2.50 bits per heavy atom. The van der Waals surface area contributed by atoms with Crippen LogP contribution in [0.3, 0.4) is 0 Å². The van der Waals surface area contributed by atoms with Gasteiger partial charge in [0, 0.05) is 11.4 Å². The molecule has 0 aromatic heterocycles. The van der Waals surface area contributed by atoms with Crippen molar-refractivity contribution in [3.63, 3.8) is 0 Å². The number of benzene rings is 2. The Morgan fingerprint density at radius 2 is 1.78 bits per heavy atom. The molecule has 0 bridgehead atoms. The van der Waals surface area contributed by atoms with E-state index >= 15 is 0 Å². The van der Waals surface area contributed by atoms with E-state index in [4.69, 9.17) is 5.73 Å². The van der Waals surface area contributed by atoms with Crippen molar-refractivity contribution in [2.75, 3.05) is 11.5 Å². The first kappa shape index (κ1) is 13.0. The molecular formula is C16H19NS. The summed E-state index contributed by atoms with van der Waals surface area (Å²) >= 11 is 1.98. The number of hydrogen-bond donors (Lipinski definition) is 1. The molecule has 0 aliphatic rings. The number of thioether (sulfide) groups is 1. The molecule has 2 rings (SSSR count). The highest BCUT2D eigenvalue weighted by molar-refractivity contribution is 7.98. The van der Waals surface area contributed by atoms with Crippen LogP contribution in [0.5, 0.6) is 0 Å². The SMILES string of the molecule is Cc1cccc(CSCCc2ccc(N)cc2)c1. The van der Waals surface area contributed by atoms with E-state index in [0.717, 1.165) is 23.6 Å². The minimum Gasteiger partial charge on any atom is -0.399 e. The molecule has 0 spiro atoms. The van der Waals surface area contributed by atoms with E-state index in [2.05, 4.69) is 43.3 Å². The number of rotatable bonds is 5. The van der Waals surface area contributed by atoms with Crippen molar-refractivity contribution in [3.05, 3.63) is 65.2 Å². The van der Waals surface area contributed by atoms with Crippen LogP contribution in [0.25, 0.3) is 0 Å². The molecule has 18 heavy (non-hydrogen) atoms. The second kappa shape index (κ2) is 6.50. The van der Waals surface area contributed by atoms with E-state index in [9.17, 15) is 0 Å². The summed E-state index contributed by atoms with van der Waals surface area (Å²) in [4.78, 5) is 0.